The molecule has 0 aliphatic heterocycles. The van der Waals surface area contributed by atoms with Gasteiger partial charge in [0.05, 0.1) is 16.6 Å². The zero-order valence-electron chi connectivity index (χ0n) is 17.4. The van der Waals surface area contributed by atoms with Crippen molar-refractivity contribution in [3.63, 3.8) is 0 Å². The summed E-state index contributed by atoms with van der Waals surface area (Å²) in [6, 6.07) is 16.4. The van der Waals surface area contributed by atoms with Gasteiger partial charge in [0.15, 0.2) is 0 Å². The van der Waals surface area contributed by atoms with E-state index in [4.69, 9.17) is 0 Å². The lowest BCUT2D eigenvalue weighted by Crippen LogP contribution is -2.29. The molecule has 3 rings (SSSR count). The van der Waals surface area contributed by atoms with Crippen molar-refractivity contribution in [2.45, 2.75) is 24.1 Å². The van der Waals surface area contributed by atoms with E-state index in [2.05, 4.69) is 10.0 Å². The number of aliphatic hydroxyl groups excluding tert-OH is 1. The van der Waals surface area contributed by atoms with Crippen LogP contribution < -0.4 is 10.0 Å². The van der Waals surface area contributed by atoms with Gasteiger partial charge in [0.25, 0.3) is 15.9 Å². The Labute approximate surface area is 189 Å². The smallest absolute Gasteiger partial charge is 0.387 e. The van der Waals surface area contributed by atoms with E-state index >= 15 is 0 Å². The molecule has 0 radical (unpaired) electrons. The summed E-state index contributed by atoms with van der Waals surface area (Å²) < 4.78 is 67.2. The van der Waals surface area contributed by atoms with Gasteiger partial charge in [0.1, 0.15) is 0 Å². The third-order valence-corrected chi connectivity index (χ3v) is 6.14. The maximum Gasteiger partial charge on any atom is 0.416 e. The Morgan fingerprint density at radius 1 is 1.00 bits per heavy atom. The number of aliphatic hydroxyl groups is 1. The van der Waals surface area contributed by atoms with Crippen LogP contribution in [0.2, 0.25) is 0 Å². The molecule has 174 valence electrons. The molecule has 0 aliphatic carbocycles. The minimum absolute atomic E-state index is 0.0292. The molecule has 6 nitrogen and oxygen atoms in total. The van der Waals surface area contributed by atoms with Crippen LogP contribution in [0.4, 0.5) is 18.9 Å². The summed E-state index contributed by atoms with van der Waals surface area (Å²) >= 11 is 0. The van der Waals surface area contributed by atoms with Gasteiger partial charge in [-0.3, -0.25) is 9.52 Å². The molecule has 0 heterocycles. The fourth-order valence-corrected chi connectivity index (χ4v) is 4.27. The van der Waals surface area contributed by atoms with Gasteiger partial charge in [-0.2, -0.15) is 13.2 Å². The Kier molecular flexibility index (Phi) is 7.09. The molecule has 3 aromatic rings. The molecule has 10 heteroatoms. The van der Waals surface area contributed by atoms with Gasteiger partial charge in [0, 0.05) is 17.8 Å². The zero-order valence-corrected chi connectivity index (χ0v) is 18.2. The number of hydrogen-bond donors (Lipinski definition) is 3. The van der Waals surface area contributed by atoms with Crippen LogP contribution in [0.15, 0.2) is 77.7 Å². The number of hydrogen-bond acceptors (Lipinski definition) is 4. The van der Waals surface area contributed by atoms with Gasteiger partial charge >= 0.3 is 6.18 Å². The third kappa shape index (κ3) is 6.11. The molecule has 1 unspecified atom stereocenters. The molecule has 33 heavy (non-hydrogen) atoms. The number of aryl methyl sites for hydroxylation is 1. The van der Waals surface area contributed by atoms with Crippen molar-refractivity contribution >= 4 is 21.6 Å². The lowest BCUT2D eigenvalue weighted by atomic mass is 10.0. The highest BCUT2D eigenvalue weighted by Crippen LogP contribution is 2.34. The highest BCUT2D eigenvalue weighted by molar-refractivity contribution is 7.92. The first kappa shape index (κ1) is 24.3. The van der Waals surface area contributed by atoms with Crippen molar-refractivity contribution in [2.75, 3.05) is 11.3 Å². The van der Waals surface area contributed by atoms with Crippen LogP contribution in [-0.2, 0) is 16.2 Å². The molecule has 0 aliphatic rings. The van der Waals surface area contributed by atoms with E-state index in [9.17, 15) is 31.5 Å². The van der Waals surface area contributed by atoms with Gasteiger partial charge in [-0.25, -0.2) is 8.42 Å². The molecule has 1 amide bonds. The van der Waals surface area contributed by atoms with Crippen LogP contribution in [0.25, 0.3) is 0 Å². The fourth-order valence-electron chi connectivity index (χ4n) is 3.17. The summed E-state index contributed by atoms with van der Waals surface area (Å²) in [7, 11) is -3.99. The largest absolute Gasteiger partial charge is 0.416 e. The van der Waals surface area contributed by atoms with Crippen LogP contribution in [0.1, 0.15) is 33.2 Å². The van der Waals surface area contributed by atoms with Crippen molar-refractivity contribution in [3.8, 4) is 0 Å². The van der Waals surface area contributed by atoms with Crippen LogP contribution in [0.5, 0.6) is 0 Å². The number of nitrogens with one attached hydrogen (secondary N) is 2. The molecule has 3 aromatic carbocycles. The molecule has 0 bridgehead atoms. The summed E-state index contributed by atoms with van der Waals surface area (Å²) in [5, 5.41) is 12.6. The predicted octanol–water partition coefficient (Wildman–Crippen LogP) is 4.28. The Balaban J connectivity index is 1.73. The highest BCUT2D eigenvalue weighted by atomic mass is 32.2. The summed E-state index contributed by atoms with van der Waals surface area (Å²) in [6.07, 6.45) is -6.27. The van der Waals surface area contributed by atoms with Crippen molar-refractivity contribution in [2.24, 2.45) is 0 Å². The van der Waals surface area contributed by atoms with Gasteiger partial charge in [-0.1, -0.05) is 36.4 Å². The summed E-state index contributed by atoms with van der Waals surface area (Å²) in [6.45, 7) is 1.31. The Morgan fingerprint density at radius 2 is 1.70 bits per heavy atom. The zero-order chi connectivity index (χ0) is 24.2. The molecular formula is C23H21F3N2O4S. The number of halogens is 3. The predicted molar refractivity (Wildman–Crippen MR) is 117 cm³/mol. The molecular weight excluding hydrogens is 457 g/mol. The minimum Gasteiger partial charge on any atom is -0.387 e. The first-order valence-electron chi connectivity index (χ1n) is 9.79. The van der Waals surface area contributed by atoms with E-state index in [1.807, 2.05) is 13.0 Å². The highest BCUT2D eigenvalue weighted by Gasteiger charge is 2.34. The average Bonchev–Trinajstić information content (AvgIpc) is 2.76. The normalized spacial score (nSPS) is 12.8. The van der Waals surface area contributed by atoms with Crippen LogP contribution in [0, 0.1) is 6.92 Å². The van der Waals surface area contributed by atoms with Crippen LogP contribution in [-0.4, -0.2) is 26.0 Å². The molecule has 0 saturated carbocycles. The summed E-state index contributed by atoms with van der Waals surface area (Å²) in [5.41, 5.74) is -0.185. The molecule has 0 fully saturated rings. The Morgan fingerprint density at radius 3 is 2.39 bits per heavy atom. The molecule has 0 aromatic heterocycles. The number of carbonyl (C=O) groups is 1. The second-order valence-electron chi connectivity index (χ2n) is 7.31. The SMILES string of the molecule is Cc1cccc(NS(=O)(=O)c2cccc(C(=O)NCC(O)c3ccccc3C(F)(F)F)c2)c1. The van der Waals surface area contributed by atoms with E-state index in [1.54, 1.807) is 18.2 Å². The lowest BCUT2D eigenvalue weighted by Gasteiger charge is -2.18. The Bertz CT molecular complexity index is 1260. The summed E-state index contributed by atoms with van der Waals surface area (Å²) in [4.78, 5) is 12.3. The van der Waals surface area contributed by atoms with Gasteiger partial charge in [-0.15, -0.1) is 0 Å². The average molecular weight is 478 g/mol. The fraction of sp³-hybridized carbons (Fsp3) is 0.174. The second kappa shape index (κ2) is 9.63. The molecule has 3 N–H and O–H groups in total. The maximum absolute atomic E-state index is 13.1. The lowest BCUT2D eigenvalue weighted by molar-refractivity contribution is -0.139. The van der Waals surface area contributed by atoms with E-state index in [-0.39, 0.29) is 16.0 Å². The van der Waals surface area contributed by atoms with Crippen LogP contribution in [0.3, 0.4) is 0 Å². The number of alkyl halides is 3. The minimum atomic E-state index is -4.66. The first-order chi connectivity index (χ1) is 15.5. The standard InChI is InChI=1S/C23H21F3N2O4S/c1-15-6-4-8-17(12-15)28-33(31,32)18-9-5-7-16(13-18)22(30)27-14-21(29)19-10-2-3-11-20(19)23(24,25)26/h2-13,21,28-29H,14H2,1H3,(H,27,30). The molecule has 0 saturated heterocycles. The number of anilines is 1. The van der Waals surface area contributed by atoms with Gasteiger partial charge < -0.3 is 10.4 Å². The number of benzene rings is 3. The van der Waals surface area contributed by atoms with Gasteiger partial charge in [-0.05, 0) is 54.4 Å². The van der Waals surface area contributed by atoms with E-state index < -0.39 is 40.3 Å². The topological polar surface area (TPSA) is 95.5 Å². The number of amides is 1. The monoisotopic (exact) mass is 478 g/mol. The maximum atomic E-state index is 13.1. The number of rotatable bonds is 7. The number of sulfonamides is 1. The van der Waals surface area contributed by atoms with Crippen molar-refractivity contribution < 1.29 is 31.5 Å². The van der Waals surface area contributed by atoms with Crippen LogP contribution >= 0.6 is 0 Å². The number of carbonyl (C=O) groups excluding carboxylic acids is 1. The van der Waals surface area contributed by atoms with E-state index in [0.29, 0.717) is 5.69 Å². The van der Waals surface area contributed by atoms with E-state index in [0.717, 1.165) is 23.8 Å². The third-order valence-electron chi connectivity index (χ3n) is 4.76. The van der Waals surface area contributed by atoms with E-state index in [1.165, 1.54) is 30.3 Å². The summed E-state index contributed by atoms with van der Waals surface area (Å²) in [5.74, 6) is -0.744. The van der Waals surface area contributed by atoms with Gasteiger partial charge in [0.2, 0.25) is 0 Å². The second-order valence-corrected chi connectivity index (χ2v) is 9.00. The quantitative estimate of drug-likeness (QED) is 0.473. The molecule has 1 atom stereocenters. The van der Waals surface area contributed by atoms with Crippen molar-refractivity contribution in [1.29, 1.82) is 0 Å². The Hall–Kier alpha value is -3.37. The van der Waals surface area contributed by atoms with Crippen molar-refractivity contribution in [3.05, 3.63) is 95.1 Å². The first-order valence-corrected chi connectivity index (χ1v) is 11.3. The molecule has 0 spiro atoms. The van der Waals surface area contributed by atoms with Crippen molar-refractivity contribution in [1.82, 2.24) is 5.32 Å².